The molecule has 0 aromatic rings. The molecule has 0 aromatic carbocycles. The second-order valence-corrected chi connectivity index (χ2v) is 6.92. The zero-order valence-corrected chi connectivity index (χ0v) is 16.6. The highest BCUT2D eigenvalue weighted by atomic mass is 127. The number of nitrogens with one attached hydrogen (secondary N) is 1. The molecule has 1 fully saturated rings. The molecule has 1 aliphatic rings. The minimum atomic E-state index is 0. The van der Waals surface area contributed by atoms with E-state index in [1.807, 2.05) is 0 Å². The molecule has 1 saturated heterocycles. The number of hydrogen-bond donors (Lipinski definition) is 1. The molecular formula is C15H33IN4. The molecule has 0 bridgehead atoms. The van der Waals surface area contributed by atoms with Crippen molar-refractivity contribution in [1.82, 2.24) is 15.1 Å². The number of aliphatic imine (C=N–C) groups is 1. The van der Waals surface area contributed by atoms with Crippen molar-refractivity contribution in [1.29, 1.82) is 0 Å². The van der Waals surface area contributed by atoms with Crippen LogP contribution in [0.5, 0.6) is 0 Å². The minimum Gasteiger partial charge on any atom is -0.356 e. The van der Waals surface area contributed by atoms with Gasteiger partial charge in [0, 0.05) is 30.6 Å². The average Bonchev–Trinajstić information content (AvgIpc) is 2.30. The van der Waals surface area contributed by atoms with Crippen LogP contribution in [0.3, 0.4) is 0 Å². The van der Waals surface area contributed by atoms with Crippen LogP contribution in [-0.4, -0.2) is 61.6 Å². The van der Waals surface area contributed by atoms with E-state index in [4.69, 9.17) is 4.99 Å². The second-order valence-electron chi connectivity index (χ2n) is 6.92. The highest BCUT2D eigenvalue weighted by molar-refractivity contribution is 14.0. The van der Waals surface area contributed by atoms with Gasteiger partial charge in [-0.25, -0.2) is 0 Å². The second kappa shape index (κ2) is 7.82. The summed E-state index contributed by atoms with van der Waals surface area (Å²) in [5.41, 5.74) is 0.530. The van der Waals surface area contributed by atoms with Crippen molar-refractivity contribution in [2.24, 2.45) is 10.4 Å². The van der Waals surface area contributed by atoms with Gasteiger partial charge in [0.15, 0.2) is 5.96 Å². The molecule has 4 nitrogen and oxygen atoms in total. The molecule has 0 saturated carbocycles. The molecule has 0 aromatic heterocycles. The van der Waals surface area contributed by atoms with Gasteiger partial charge in [0.05, 0.1) is 0 Å². The Labute approximate surface area is 142 Å². The number of halogens is 1. The van der Waals surface area contributed by atoms with E-state index in [1.54, 1.807) is 0 Å². The van der Waals surface area contributed by atoms with E-state index < -0.39 is 0 Å². The van der Waals surface area contributed by atoms with Crippen LogP contribution in [0.25, 0.3) is 0 Å². The fourth-order valence-electron chi connectivity index (χ4n) is 2.37. The summed E-state index contributed by atoms with van der Waals surface area (Å²) in [6, 6.07) is 0. The van der Waals surface area contributed by atoms with Crippen molar-refractivity contribution < 1.29 is 0 Å². The lowest BCUT2D eigenvalue weighted by atomic mass is 9.65. The first kappa shape index (κ1) is 20.0. The van der Waals surface area contributed by atoms with E-state index in [-0.39, 0.29) is 29.5 Å². The summed E-state index contributed by atoms with van der Waals surface area (Å²) in [6.45, 7) is 15.4. The average molecular weight is 396 g/mol. The van der Waals surface area contributed by atoms with Gasteiger partial charge in [-0.1, -0.05) is 13.8 Å². The number of likely N-dealkylation sites (tertiary alicyclic amines) is 1. The zero-order chi connectivity index (χ0) is 14.7. The smallest absolute Gasteiger partial charge is 0.194 e. The van der Waals surface area contributed by atoms with E-state index in [0.717, 1.165) is 38.6 Å². The molecule has 1 N–H and O–H groups in total. The molecule has 0 aliphatic carbocycles. The minimum absolute atomic E-state index is 0. The summed E-state index contributed by atoms with van der Waals surface area (Å²) in [5, 5.41) is 3.43. The maximum absolute atomic E-state index is 4.77. The van der Waals surface area contributed by atoms with Crippen LogP contribution in [0, 0.1) is 5.41 Å². The Kier molecular flexibility index (Phi) is 7.81. The molecule has 1 heterocycles. The van der Waals surface area contributed by atoms with Crippen LogP contribution in [0.2, 0.25) is 0 Å². The molecule has 0 spiro atoms. The van der Waals surface area contributed by atoms with Crippen LogP contribution in [0.4, 0.5) is 0 Å². The third kappa shape index (κ3) is 4.48. The van der Waals surface area contributed by atoms with E-state index >= 15 is 0 Å². The molecule has 20 heavy (non-hydrogen) atoms. The summed E-state index contributed by atoms with van der Waals surface area (Å²) in [7, 11) is 4.21. The van der Waals surface area contributed by atoms with Gasteiger partial charge < -0.3 is 15.1 Å². The third-order valence-corrected chi connectivity index (χ3v) is 4.50. The number of rotatable bonds is 5. The first-order chi connectivity index (χ1) is 8.72. The van der Waals surface area contributed by atoms with E-state index in [0.29, 0.717) is 5.41 Å². The van der Waals surface area contributed by atoms with Gasteiger partial charge in [-0.2, -0.15) is 0 Å². The van der Waals surface area contributed by atoms with Gasteiger partial charge in [-0.3, -0.25) is 4.99 Å². The summed E-state index contributed by atoms with van der Waals surface area (Å²) in [5.74, 6) is 1.07. The summed E-state index contributed by atoms with van der Waals surface area (Å²) in [6.07, 6.45) is 1.11. The van der Waals surface area contributed by atoms with Crippen molar-refractivity contribution in [3.05, 3.63) is 0 Å². The van der Waals surface area contributed by atoms with Crippen molar-refractivity contribution in [3.63, 3.8) is 0 Å². The molecule has 5 heteroatoms. The van der Waals surface area contributed by atoms with Crippen LogP contribution < -0.4 is 5.32 Å². The fourth-order valence-corrected chi connectivity index (χ4v) is 2.37. The predicted molar refractivity (Wildman–Crippen MR) is 99.1 cm³/mol. The quantitative estimate of drug-likeness (QED) is 0.336. The standard InChI is InChI=1S/C15H32N4.HI/c1-8-16-13(17-10-9-11-18(6)7)19-12-14(2,3)15(19,4)5;/h8-12H2,1-7H3,(H,16,17);1H. The molecule has 1 rings (SSSR count). The molecular weight excluding hydrogens is 363 g/mol. The molecule has 0 unspecified atom stereocenters. The monoisotopic (exact) mass is 396 g/mol. The van der Waals surface area contributed by atoms with Crippen molar-refractivity contribution in [2.45, 2.75) is 46.6 Å². The summed E-state index contributed by atoms with van der Waals surface area (Å²) in [4.78, 5) is 9.39. The van der Waals surface area contributed by atoms with Crippen LogP contribution >= 0.6 is 24.0 Å². The van der Waals surface area contributed by atoms with Gasteiger partial charge >= 0.3 is 0 Å². The molecule has 0 amide bonds. The number of guanidine groups is 1. The Bertz CT molecular complexity index is 324. The normalized spacial score (nSPS) is 20.4. The van der Waals surface area contributed by atoms with Gasteiger partial charge in [0.2, 0.25) is 0 Å². The first-order valence-electron chi connectivity index (χ1n) is 7.43. The Morgan fingerprint density at radius 2 is 1.85 bits per heavy atom. The van der Waals surface area contributed by atoms with E-state index in [1.165, 1.54) is 0 Å². The SMILES string of the molecule is CCNC(=NCCCN(C)C)N1CC(C)(C)C1(C)C.I. The summed E-state index contributed by atoms with van der Waals surface area (Å²) < 4.78 is 0. The summed E-state index contributed by atoms with van der Waals surface area (Å²) >= 11 is 0. The van der Waals surface area contributed by atoms with E-state index in [2.05, 4.69) is 63.8 Å². The Morgan fingerprint density at radius 3 is 2.25 bits per heavy atom. The predicted octanol–water partition coefficient (Wildman–Crippen LogP) is 2.64. The third-order valence-electron chi connectivity index (χ3n) is 4.50. The largest absolute Gasteiger partial charge is 0.356 e. The van der Waals surface area contributed by atoms with E-state index in [9.17, 15) is 0 Å². The Morgan fingerprint density at radius 1 is 1.25 bits per heavy atom. The van der Waals surface area contributed by atoms with Crippen LogP contribution in [-0.2, 0) is 0 Å². The molecule has 0 atom stereocenters. The topological polar surface area (TPSA) is 30.9 Å². The highest BCUT2D eigenvalue weighted by Gasteiger charge is 2.53. The van der Waals surface area contributed by atoms with Gasteiger partial charge in [0.25, 0.3) is 0 Å². The Hall–Kier alpha value is -0.0400. The van der Waals surface area contributed by atoms with Crippen molar-refractivity contribution >= 4 is 29.9 Å². The van der Waals surface area contributed by atoms with Crippen molar-refractivity contribution in [3.8, 4) is 0 Å². The maximum atomic E-state index is 4.77. The Balaban J connectivity index is 0.00000361. The maximum Gasteiger partial charge on any atom is 0.194 e. The lowest BCUT2D eigenvalue weighted by Crippen LogP contribution is -2.72. The van der Waals surface area contributed by atoms with Crippen LogP contribution in [0.15, 0.2) is 4.99 Å². The van der Waals surface area contributed by atoms with Crippen LogP contribution in [0.1, 0.15) is 41.0 Å². The lowest BCUT2D eigenvalue weighted by molar-refractivity contribution is -0.0667. The molecule has 1 aliphatic heterocycles. The van der Waals surface area contributed by atoms with Gasteiger partial charge in [0.1, 0.15) is 0 Å². The molecule has 0 radical (unpaired) electrons. The van der Waals surface area contributed by atoms with Gasteiger partial charge in [-0.05, 0) is 47.8 Å². The highest BCUT2D eigenvalue weighted by Crippen LogP contribution is 2.46. The first-order valence-corrected chi connectivity index (χ1v) is 7.43. The molecule has 120 valence electrons. The number of hydrogen-bond acceptors (Lipinski definition) is 2. The lowest BCUT2D eigenvalue weighted by Gasteiger charge is -2.62. The fraction of sp³-hybridized carbons (Fsp3) is 0.933. The van der Waals surface area contributed by atoms with Gasteiger partial charge in [-0.15, -0.1) is 24.0 Å². The number of nitrogens with zero attached hydrogens (tertiary/aromatic N) is 3. The zero-order valence-electron chi connectivity index (χ0n) is 14.3. The van der Waals surface area contributed by atoms with Crippen molar-refractivity contribution in [2.75, 3.05) is 40.3 Å².